The summed E-state index contributed by atoms with van der Waals surface area (Å²) < 4.78 is 5.84. The molecule has 1 saturated heterocycles. The van der Waals surface area contributed by atoms with Crippen LogP contribution in [0.4, 0.5) is 0 Å². The number of ether oxygens (including phenoxy) is 1. The van der Waals surface area contributed by atoms with Crippen molar-refractivity contribution >= 4 is 17.5 Å². The van der Waals surface area contributed by atoms with Crippen molar-refractivity contribution < 1.29 is 9.53 Å². The standard InChI is InChI=1S/C26H27ClN2O2/c1-20(31-24-10-6-3-7-11-24)26(30)29-18-16-28(17-19-29)25(21-8-4-2-5-9-21)22-12-14-23(27)15-13-22/h2-15,20,25H,16-19H2,1H3. The second-order valence-electron chi connectivity index (χ2n) is 7.80. The molecule has 5 heteroatoms. The highest BCUT2D eigenvalue weighted by molar-refractivity contribution is 6.30. The molecule has 160 valence electrons. The highest BCUT2D eigenvalue weighted by atomic mass is 35.5. The van der Waals surface area contributed by atoms with Gasteiger partial charge < -0.3 is 9.64 Å². The van der Waals surface area contributed by atoms with Gasteiger partial charge >= 0.3 is 0 Å². The van der Waals surface area contributed by atoms with Gasteiger partial charge in [0.05, 0.1) is 6.04 Å². The van der Waals surface area contributed by atoms with Gasteiger partial charge in [0.25, 0.3) is 5.91 Å². The third-order valence-electron chi connectivity index (χ3n) is 5.70. The van der Waals surface area contributed by atoms with Crippen LogP contribution in [0.1, 0.15) is 24.1 Å². The van der Waals surface area contributed by atoms with E-state index >= 15 is 0 Å². The molecule has 0 aromatic heterocycles. The Labute approximate surface area is 189 Å². The molecule has 0 radical (unpaired) electrons. The number of nitrogens with zero attached hydrogens (tertiary/aromatic N) is 2. The van der Waals surface area contributed by atoms with Crippen LogP contribution in [0.3, 0.4) is 0 Å². The van der Waals surface area contributed by atoms with Gasteiger partial charge in [0.15, 0.2) is 6.10 Å². The number of hydrogen-bond donors (Lipinski definition) is 0. The third-order valence-corrected chi connectivity index (χ3v) is 5.95. The summed E-state index contributed by atoms with van der Waals surface area (Å²) in [4.78, 5) is 17.3. The van der Waals surface area contributed by atoms with E-state index in [1.165, 1.54) is 11.1 Å². The smallest absolute Gasteiger partial charge is 0.263 e. The minimum absolute atomic E-state index is 0.0336. The topological polar surface area (TPSA) is 32.8 Å². The van der Waals surface area contributed by atoms with E-state index < -0.39 is 6.10 Å². The number of rotatable bonds is 6. The lowest BCUT2D eigenvalue weighted by molar-refractivity contribution is -0.140. The van der Waals surface area contributed by atoms with Crippen molar-refractivity contribution in [1.82, 2.24) is 9.80 Å². The summed E-state index contributed by atoms with van der Waals surface area (Å²) >= 11 is 6.12. The fourth-order valence-corrected chi connectivity index (χ4v) is 4.23. The SMILES string of the molecule is CC(Oc1ccccc1)C(=O)N1CCN(C(c2ccccc2)c2ccc(Cl)cc2)CC1. The van der Waals surface area contributed by atoms with Crippen molar-refractivity contribution in [2.75, 3.05) is 26.2 Å². The Kier molecular flexibility index (Phi) is 6.90. The first kappa shape index (κ1) is 21.4. The maximum Gasteiger partial charge on any atom is 0.263 e. The molecule has 0 N–H and O–H groups in total. The van der Waals surface area contributed by atoms with E-state index in [0.29, 0.717) is 18.8 Å². The zero-order valence-electron chi connectivity index (χ0n) is 17.7. The van der Waals surface area contributed by atoms with Crippen molar-refractivity contribution in [3.63, 3.8) is 0 Å². The van der Waals surface area contributed by atoms with E-state index in [2.05, 4.69) is 41.3 Å². The summed E-state index contributed by atoms with van der Waals surface area (Å²) in [6.45, 7) is 4.77. The average Bonchev–Trinajstić information content (AvgIpc) is 2.82. The largest absolute Gasteiger partial charge is 0.481 e. The molecule has 2 unspecified atom stereocenters. The van der Waals surface area contributed by atoms with Crippen LogP contribution in [0, 0.1) is 0 Å². The van der Waals surface area contributed by atoms with E-state index in [-0.39, 0.29) is 11.9 Å². The number of hydrogen-bond acceptors (Lipinski definition) is 3. The van der Waals surface area contributed by atoms with Crippen LogP contribution in [-0.2, 0) is 4.79 Å². The van der Waals surface area contributed by atoms with Crippen LogP contribution in [0.2, 0.25) is 5.02 Å². The molecule has 1 amide bonds. The highest BCUT2D eigenvalue weighted by Gasteiger charge is 2.30. The molecule has 0 aliphatic carbocycles. The van der Waals surface area contributed by atoms with Crippen molar-refractivity contribution in [3.05, 3.63) is 101 Å². The second-order valence-corrected chi connectivity index (χ2v) is 8.24. The maximum absolute atomic E-state index is 12.9. The van der Waals surface area contributed by atoms with E-state index in [4.69, 9.17) is 16.3 Å². The number of amides is 1. The van der Waals surface area contributed by atoms with Crippen LogP contribution in [0.15, 0.2) is 84.9 Å². The van der Waals surface area contributed by atoms with Crippen LogP contribution < -0.4 is 4.74 Å². The highest BCUT2D eigenvalue weighted by Crippen LogP contribution is 2.30. The van der Waals surface area contributed by atoms with Crippen LogP contribution in [0.25, 0.3) is 0 Å². The van der Waals surface area contributed by atoms with E-state index in [0.717, 1.165) is 18.1 Å². The molecule has 3 aromatic carbocycles. The van der Waals surface area contributed by atoms with Gasteiger partial charge in [0, 0.05) is 31.2 Å². The Morgan fingerprint density at radius 1 is 0.806 bits per heavy atom. The number of piperazine rings is 1. The molecule has 0 spiro atoms. The number of para-hydroxylation sites is 1. The molecule has 2 atom stereocenters. The first-order chi connectivity index (χ1) is 15.1. The molecular formula is C26H27ClN2O2. The molecular weight excluding hydrogens is 408 g/mol. The predicted molar refractivity (Wildman–Crippen MR) is 124 cm³/mol. The molecule has 31 heavy (non-hydrogen) atoms. The van der Waals surface area contributed by atoms with Crippen molar-refractivity contribution in [2.24, 2.45) is 0 Å². The van der Waals surface area contributed by atoms with E-state index in [9.17, 15) is 4.79 Å². The van der Waals surface area contributed by atoms with Gasteiger partial charge in [-0.15, -0.1) is 0 Å². The maximum atomic E-state index is 12.9. The Bertz CT molecular complexity index is 971. The minimum Gasteiger partial charge on any atom is -0.481 e. The molecule has 4 rings (SSSR count). The normalized spacial score (nSPS) is 16.5. The van der Waals surface area contributed by atoms with Gasteiger partial charge in [0.2, 0.25) is 0 Å². The Balaban J connectivity index is 1.44. The Morgan fingerprint density at radius 2 is 1.35 bits per heavy atom. The monoisotopic (exact) mass is 434 g/mol. The molecule has 1 aliphatic heterocycles. The van der Waals surface area contributed by atoms with Gasteiger partial charge in [-0.25, -0.2) is 0 Å². The quantitative estimate of drug-likeness (QED) is 0.544. The zero-order chi connectivity index (χ0) is 21.6. The van der Waals surface area contributed by atoms with Crippen molar-refractivity contribution in [3.8, 4) is 5.75 Å². The van der Waals surface area contributed by atoms with Gasteiger partial charge in [-0.05, 0) is 42.3 Å². The van der Waals surface area contributed by atoms with Crippen LogP contribution in [0.5, 0.6) is 5.75 Å². The third kappa shape index (κ3) is 5.27. The fraction of sp³-hybridized carbons (Fsp3) is 0.269. The van der Waals surface area contributed by atoms with Crippen molar-refractivity contribution in [1.29, 1.82) is 0 Å². The van der Waals surface area contributed by atoms with E-state index in [1.807, 2.05) is 60.4 Å². The average molecular weight is 435 g/mol. The van der Waals surface area contributed by atoms with Crippen LogP contribution in [-0.4, -0.2) is 48.0 Å². The lowest BCUT2D eigenvalue weighted by atomic mass is 9.96. The van der Waals surface area contributed by atoms with Gasteiger partial charge in [-0.2, -0.15) is 0 Å². The Morgan fingerprint density at radius 3 is 1.97 bits per heavy atom. The number of benzene rings is 3. The summed E-state index contributed by atoms with van der Waals surface area (Å²) in [7, 11) is 0. The fourth-order valence-electron chi connectivity index (χ4n) is 4.11. The predicted octanol–water partition coefficient (Wildman–Crippen LogP) is 5.04. The first-order valence-corrected chi connectivity index (χ1v) is 11.0. The lowest BCUT2D eigenvalue weighted by Gasteiger charge is -2.40. The Hall–Kier alpha value is -2.82. The summed E-state index contributed by atoms with van der Waals surface area (Å²) in [6.07, 6.45) is -0.505. The zero-order valence-corrected chi connectivity index (χ0v) is 18.4. The first-order valence-electron chi connectivity index (χ1n) is 10.7. The van der Waals surface area contributed by atoms with Gasteiger partial charge in [-0.3, -0.25) is 9.69 Å². The summed E-state index contributed by atoms with van der Waals surface area (Å²) in [5.74, 6) is 0.750. The molecule has 3 aromatic rings. The van der Waals surface area contributed by atoms with Crippen molar-refractivity contribution in [2.45, 2.75) is 19.1 Å². The van der Waals surface area contributed by atoms with Gasteiger partial charge in [0.1, 0.15) is 5.75 Å². The van der Waals surface area contributed by atoms with E-state index in [1.54, 1.807) is 0 Å². The molecule has 1 aliphatic rings. The molecule has 1 heterocycles. The lowest BCUT2D eigenvalue weighted by Crippen LogP contribution is -2.52. The number of carbonyl (C=O) groups is 1. The summed E-state index contributed by atoms with van der Waals surface area (Å²) in [6, 6.07) is 28.2. The number of halogens is 1. The second kappa shape index (κ2) is 9.99. The molecule has 1 fully saturated rings. The molecule has 0 bridgehead atoms. The molecule has 4 nitrogen and oxygen atoms in total. The summed E-state index contributed by atoms with van der Waals surface area (Å²) in [5, 5.41) is 0.735. The van der Waals surface area contributed by atoms with Crippen LogP contribution >= 0.6 is 11.6 Å². The minimum atomic E-state index is -0.505. The van der Waals surface area contributed by atoms with Gasteiger partial charge in [-0.1, -0.05) is 72.3 Å². The summed E-state index contributed by atoms with van der Waals surface area (Å²) in [5.41, 5.74) is 2.45. The number of carbonyl (C=O) groups excluding carboxylic acids is 1. The molecule has 0 saturated carbocycles.